The van der Waals surface area contributed by atoms with Crippen molar-refractivity contribution in [2.75, 3.05) is 0 Å². The number of nitrogens with one attached hydrogen (secondary N) is 2. The number of hydrazine groups is 1. The summed E-state index contributed by atoms with van der Waals surface area (Å²) in [5.74, 6) is 1.85. The normalized spacial score (nSPS) is 37.4. The van der Waals surface area contributed by atoms with E-state index in [1.807, 2.05) is 0 Å². The zero-order valence-electron chi connectivity index (χ0n) is 10.8. The molecule has 3 rings (SSSR count). The topological polar surface area (TPSA) is 24.1 Å². The SMILES string of the molecule is C1CCC(C2NNC(C3CCCCC3)S2)CC1. The predicted molar refractivity (Wildman–Crippen MR) is 74.6 cm³/mol. The number of hydrogen-bond acceptors (Lipinski definition) is 3. The lowest BCUT2D eigenvalue weighted by Crippen LogP contribution is -2.39. The fourth-order valence-electron chi connectivity index (χ4n) is 3.72. The van der Waals surface area contributed by atoms with E-state index in [-0.39, 0.29) is 0 Å². The van der Waals surface area contributed by atoms with Gasteiger partial charge in [-0.1, -0.05) is 38.5 Å². The van der Waals surface area contributed by atoms with E-state index in [1.54, 1.807) is 0 Å². The third-order valence-corrected chi connectivity index (χ3v) is 6.41. The minimum Gasteiger partial charge on any atom is -0.243 e. The zero-order valence-corrected chi connectivity index (χ0v) is 11.6. The lowest BCUT2D eigenvalue weighted by molar-refractivity contribution is 0.291. The highest BCUT2D eigenvalue weighted by Crippen LogP contribution is 2.39. The molecule has 0 spiro atoms. The molecular weight excluding hydrogens is 228 g/mol. The molecule has 0 aromatic heterocycles. The molecule has 0 radical (unpaired) electrons. The third kappa shape index (κ3) is 2.99. The van der Waals surface area contributed by atoms with Gasteiger partial charge < -0.3 is 0 Å². The summed E-state index contributed by atoms with van der Waals surface area (Å²) in [6.07, 6.45) is 14.5. The van der Waals surface area contributed by atoms with Gasteiger partial charge in [-0.05, 0) is 37.5 Å². The molecule has 3 aliphatic rings. The third-order valence-electron chi connectivity index (χ3n) is 4.82. The molecule has 1 heterocycles. The molecule has 17 heavy (non-hydrogen) atoms. The lowest BCUT2D eigenvalue weighted by atomic mass is 9.89. The smallest absolute Gasteiger partial charge is 0.0710 e. The Bertz CT molecular complexity index is 210. The second kappa shape index (κ2) is 5.94. The molecule has 2 nitrogen and oxygen atoms in total. The van der Waals surface area contributed by atoms with Gasteiger partial charge in [0.2, 0.25) is 0 Å². The van der Waals surface area contributed by atoms with Gasteiger partial charge in [-0.2, -0.15) is 0 Å². The molecule has 0 aromatic rings. The Balaban J connectivity index is 1.50. The molecule has 2 atom stereocenters. The Kier molecular flexibility index (Phi) is 4.30. The van der Waals surface area contributed by atoms with Gasteiger partial charge in [-0.3, -0.25) is 0 Å². The Morgan fingerprint density at radius 2 is 1.00 bits per heavy atom. The van der Waals surface area contributed by atoms with Crippen molar-refractivity contribution in [2.24, 2.45) is 11.8 Å². The largest absolute Gasteiger partial charge is 0.243 e. The van der Waals surface area contributed by atoms with Gasteiger partial charge in [0.15, 0.2) is 0 Å². The average molecular weight is 254 g/mol. The molecule has 1 saturated heterocycles. The summed E-state index contributed by atoms with van der Waals surface area (Å²) in [5.41, 5.74) is 7.17. The first-order valence-corrected chi connectivity index (χ1v) is 8.54. The standard InChI is InChI=1S/C14H26N2S/c1-3-7-11(8-4-1)13-15-16-14(17-13)12-9-5-2-6-10-12/h11-16H,1-10H2. The minimum absolute atomic E-state index is 0.697. The van der Waals surface area contributed by atoms with Crippen molar-refractivity contribution in [1.82, 2.24) is 10.9 Å². The fraction of sp³-hybridized carbons (Fsp3) is 1.00. The second-order valence-electron chi connectivity index (χ2n) is 6.06. The van der Waals surface area contributed by atoms with Gasteiger partial charge in [-0.25, -0.2) is 10.9 Å². The van der Waals surface area contributed by atoms with Gasteiger partial charge in [0.1, 0.15) is 0 Å². The quantitative estimate of drug-likeness (QED) is 0.787. The van der Waals surface area contributed by atoms with Crippen LogP contribution in [0.2, 0.25) is 0 Å². The van der Waals surface area contributed by atoms with Crippen LogP contribution in [0.15, 0.2) is 0 Å². The van der Waals surface area contributed by atoms with Crippen molar-refractivity contribution in [3.05, 3.63) is 0 Å². The summed E-state index contributed by atoms with van der Waals surface area (Å²) in [7, 11) is 0. The molecular formula is C14H26N2S. The van der Waals surface area contributed by atoms with Crippen LogP contribution in [-0.4, -0.2) is 10.7 Å². The summed E-state index contributed by atoms with van der Waals surface area (Å²) in [6, 6.07) is 0. The number of thioether (sulfide) groups is 1. The van der Waals surface area contributed by atoms with E-state index in [2.05, 4.69) is 22.6 Å². The van der Waals surface area contributed by atoms with Crippen LogP contribution >= 0.6 is 11.8 Å². The maximum absolute atomic E-state index is 3.59. The molecule has 0 amide bonds. The van der Waals surface area contributed by atoms with Crippen molar-refractivity contribution < 1.29 is 0 Å². The number of hydrogen-bond donors (Lipinski definition) is 2. The zero-order chi connectivity index (χ0) is 11.5. The molecule has 0 bridgehead atoms. The predicted octanol–water partition coefficient (Wildman–Crippen LogP) is 3.64. The number of rotatable bonds is 2. The van der Waals surface area contributed by atoms with Crippen molar-refractivity contribution in [1.29, 1.82) is 0 Å². The van der Waals surface area contributed by atoms with Gasteiger partial charge in [-0.15, -0.1) is 11.8 Å². The van der Waals surface area contributed by atoms with Gasteiger partial charge in [0, 0.05) is 0 Å². The molecule has 2 aliphatic carbocycles. The minimum atomic E-state index is 0.697. The van der Waals surface area contributed by atoms with Gasteiger partial charge in [0.05, 0.1) is 10.7 Å². The van der Waals surface area contributed by atoms with Crippen LogP contribution in [0, 0.1) is 11.8 Å². The Morgan fingerprint density at radius 3 is 1.41 bits per heavy atom. The van der Waals surface area contributed by atoms with Crippen LogP contribution < -0.4 is 10.9 Å². The van der Waals surface area contributed by atoms with Crippen molar-refractivity contribution in [2.45, 2.75) is 75.0 Å². The molecule has 3 fully saturated rings. The first-order valence-electron chi connectivity index (χ1n) is 7.60. The fourth-order valence-corrected chi connectivity index (χ4v) is 5.30. The summed E-state index contributed by atoms with van der Waals surface area (Å²) in [5, 5.41) is 1.39. The maximum Gasteiger partial charge on any atom is 0.0710 e. The van der Waals surface area contributed by atoms with E-state index in [1.165, 1.54) is 64.2 Å². The van der Waals surface area contributed by atoms with Crippen molar-refractivity contribution in [3.8, 4) is 0 Å². The average Bonchev–Trinajstić information content (AvgIpc) is 2.90. The highest BCUT2D eigenvalue weighted by molar-refractivity contribution is 8.00. The van der Waals surface area contributed by atoms with Crippen LogP contribution in [0.4, 0.5) is 0 Å². The van der Waals surface area contributed by atoms with E-state index in [0.717, 1.165) is 11.8 Å². The van der Waals surface area contributed by atoms with E-state index in [4.69, 9.17) is 0 Å². The van der Waals surface area contributed by atoms with E-state index >= 15 is 0 Å². The van der Waals surface area contributed by atoms with Crippen molar-refractivity contribution >= 4 is 11.8 Å². The highest BCUT2D eigenvalue weighted by atomic mass is 32.2. The summed E-state index contributed by atoms with van der Waals surface area (Å²) in [4.78, 5) is 0. The van der Waals surface area contributed by atoms with Crippen LogP contribution in [0.3, 0.4) is 0 Å². The van der Waals surface area contributed by atoms with E-state index in [0.29, 0.717) is 10.7 Å². The molecule has 2 unspecified atom stereocenters. The lowest BCUT2D eigenvalue weighted by Gasteiger charge is -2.28. The molecule has 98 valence electrons. The second-order valence-corrected chi connectivity index (χ2v) is 7.35. The van der Waals surface area contributed by atoms with Crippen molar-refractivity contribution in [3.63, 3.8) is 0 Å². The van der Waals surface area contributed by atoms with E-state index in [9.17, 15) is 0 Å². The highest BCUT2D eigenvalue weighted by Gasteiger charge is 2.35. The molecule has 0 aromatic carbocycles. The van der Waals surface area contributed by atoms with Crippen LogP contribution in [0.1, 0.15) is 64.2 Å². The van der Waals surface area contributed by atoms with Crippen LogP contribution in [0.5, 0.6) is 0 Å². The molecule has 1 aliphatic heterocycles. The molecule has 2 saturated carbocycles. The first kappa shape index (κ1) is 12.3. The molecule has 3 heteroatoms. The maximum atomic E-state index is 3.59. The van der Waals surface area contributed by atoms with Gasteiger partial charge >= 0.3 is 0 Å². The van der Waals surface area contributed by atoms with Crippen LogP contribution in [-0.2, 0) is 0 Å². The van der Waals surface area contributed by atoms with E-state index < -0.39 is 0 Å². The monoisotopic (exact) mass is 254 g/mol. The Hall–Kier alpha value is 0.270. The van der Waals surface area contributed by atoms with Crippen LogP contribution in [0.25, 0.3) is 0 Å². The summed E-state index contributed by atoms with van der Waals surface area (Å²) in [6.45, 7) is 0. The summed E-state index contributed by atoms with van der Waals surface area (Å²) < 4.78 is 0. The summed E-state index contributed by atoms with van der Waals surface area (Å²) >= 11 is 2.20. The Morgan fingerprint density at radius 1 is 0.588 bits per heavy atom. The first-order chi connectivity index (χ1) is 8.43. The molecule has 2 N–H and O–H groups in total. The Labute approximate surface area is 110 Å². The van der Waals surface area contributed by atoms with Gasteiger partial charge in [0.25, 0.3) is 0 Å².